The zero-order chi connectivity index (χ0) is 12.8. The van der Waals surface area contributed by atoms with Crippen LogP contribution in [-0.2, 0) is 6.54 Å². The van der Waals surface area contributed by atoms with Gasteiger partial charge in [-0.1, -0.05) is 49.4 Å². The summed E-state index contributed by atoms with van der Waals surface area (Å²) in [5.41, 5.74) is 2.31. The van der Waals surface area contributed by atoms with Crippen molar-refractivity contribution in [3.8, 4) is 0 Å². The van der Waals surface area contributed by atoms with Gasteiger partial charge in [-0.2, -0.15) is 0 Å². The quantitative estimate of drug-likeness (QED) is 0.844. The summed E-state index contributed by atoms with van der Waals surface area (Å²) in [5, 5.41) is 3.36. The normalized spacial score (nSPS) is 12.3. The van der Waals surface area contributed by atoms with Gasteiger partial charge in [0.05, 0.1) is 0 Å². The molecule has 0 heterocycles. The summed E-state index contributed by atoms with van der Waals surface area (Å²) < 4.78 is 13.0. The fraction of sp³-hybridized carbons (Fsp3) is 0.250. The molecule has 0 aromatic heterocycles. The molecule has 0 aliphatic heterocycles. The Kier molecular flexibility index (Phi) is 4.48. The van der Waals surface area contributed by atoms with E-state index in [1.807, 2.05) is 12.1 Å². The predicted octanol–water partition coefficient (Wildman–Crippen LogP) is 3.72. The van der Waals surface area contributed by atoms with E-state index in [0.29, 0.717) is 12.5 Å². The topological polar surface area (TPSA) is 12.0 Å². The minimum Gasteiger partial charge on any atom is -0.312 e. The van der Waals surface area contributed by atoms with Crippen molar-refractivity contribution < 1.29 is 4.39 Å². The van der Waals surface area contributed by atoms with Crippen LogP contribution in [0.25, 0.3) is 0 Å². The average Bonchev–Trinajstić information content (AvgIpc) is 2.40. The molecule has 2 aromatic carbocycles. The summed E-state index contributed by atoms with van der Waals surface area (Å²) >= 11 is 0. The predicted molar refractivity (Wildman–Crippen MR) is 73.0 cm³/mol. The van der Waals surface area contributed by atoms with E-state index in [1.165, 1.54) is 11.6 Å². The second-order valence-electron chi connectivity index (χ2n) is 4.57. The third-order valence-electron chi connectivity index (χ3n) is 3.04. The van der Waals surface area contributed by atoms with Crippen molar-refractivity contribution in [2.75, 3.05) is 6.54 Å². The van der Waals surface area contributed by atoms with E-state index in [2.05, 4.69) is 36.5 Å². The molecule has 2 heteroatoms. The molecule has 0 aliphatic rings. The lowest BCUT2D eigenvalue weighted by Crippen LogP contribution is -2.19. The van der Waals surface area contributed by atoms with E-state index in [4.69, 9.17) is 0 Å². The maximum atomic E-state index is 13.0. The molecule has 1 nitrogen and oxygen atoms in total. The minimum absolute atomic E-state index is 0.176. The van der Waals surface area contributed by atoms with Gasteiger partial charge >= 0.3 is 0 Å². The lowest BCUT2D eigenvalue weighted by Gasteiger charge is -2.13. The molecule has 0 fully saturated rings. The Labute approximate surface area is 108 Å². The van der Waals surface area contributed by atoms with Crippen LogP contribution in [-0.4, -0.2) is 6.54 Å². The SMILES string of the molecule is CC(CNCc1cccc(F)c1)c1ccccc1. The molecule has 0 spiro atoms. The maximum Gasteiger partial charge on any atom is 0.123 e. The van der Waals surface area contributed by atoms with Crippen LogP contribution in [0.15, 0.2) is 54.6 Å². The standard InChI is InChI=1S/C16H18FN/c1-13(15-7-3-2-4-8-15)11-18-12-14-6-5-9-16(17)10-14/h2-10,13,18H,11-12H2,1H3. The fourth-order valence-electron chi connectivity index (χ4n) is 1.98. The van der Waals surface area contributed by atoms with Gasteiger partial charge in [0.15, 0.2) is 0 Å². The monoisotopic (exact) mass is 243 g/mol. The molecule has 0 aliphatic carbocycles. The second-order valence-corrected chi connectivity index (χ2v) is 4.57. The largest absolute Gasteiger partial charge is 0.312 e. The minimum atomic E-state index is -0.176. The summed E-state index contributed by atoms with van der Waals surface area (Å²) in [6, 6.07) is 17.1. The fourth-order valence-corrected chi connectivity index (χ4v) is 1.98. The highest BCUT2D eigenvalue weighted by molar-refractivity contribution is 5.19. The van der Waals surface area contributed by atoms with Crippen molar-refractivity contribution >= 4 is 0 Å². The van der Waals surface area contributed by atoms with Gasteiger partial charge in [-0.15, -0.1) is 0 Å². The van der Waals surface area contributed by atoms with Crippen molar-refractivity contribution in [2.24, 2.45) is 0 Å². The van der Waals surface area contributed by atoms with Crippen molar-refractivity contribution in [2.45, 2.75) is 19.4 Å². The molecule has 0 bridgehead atoms. The first kappa shape index (κ1) is 12.8. The molecule has 0 amide bonds. The highest BCUT2D eigenvalue weighted by Crippen LogP contribution is 2.13. The van der Waals surface area contributed by atoms with Crippen molar-refractivity contribution in [3.63, 3.8) is 0 Å². The van der Waals surface area contributed by atoms with Crippen LogP contribution in [0.1, 0.15) is 24.0 Å². The second kappa shape index (κ2) is 6.31. The van der Waals surface area contributed by atoms with E-state index in [0.717, 1.165) is 12.1 Å². The first-order valence-corrected chi connectivity index (χ1v) is 6.26. The molecular formula is C16H18FN. The third-order valence-corrected chi connectivity index (χ3v) is 3.04. The van der Waals surface area contributed by atoms with Gasteiger partial charge in [0, 0.05) is 13.1 Å². The van der Waals surface area contributed by atoms with E-state index in [1.54, 1.807) is 12.1 Å². The molecule has 18 heavy (non-hydrogen) atoms. The molecule has 0 saturated carbocycles. The van der Waals surface area contributed by atoms with Crippen LogP contribution in [0, 0.1) is 5.82 Å². The van der Waals surface area contributed by atoms with E-state index < -0.39 is 0 Å². The summed E-state index contributed by atoms with van der Waals surface area (Å²) in [7, 11) is 0. The van der Waals surface area contributed by atoms with E-state index in [9.17, 15) is 4.39 Å². The average molecular weight is 243 g/mol. The summed E-state index contributed by atoms with van der Waals surface area (Å²) in [5.74, 6) is 0.283. The summed E-state index contributed by atoms with van der Waals surface area (Å²) in [6.07, 6.45) is 0. The van der Waals surface area contributed by atoms with Crippen LogP contribution < -0.4 is 5.32 Å². The number of benzene rings is 2. The third kappa shape index (κ3) is 3.67. The zero-order valence-corrected chi connectivity index (χ0v) is 10.6. The zero-order valence-electron chi connectivity index (χ0n) is 10.6. The molecule has 0 radical (unpaired) electrons. The van der Waals surface area contributed by atoms with Gasteiger partial charge in [0.1, 0.15) is 5.82 Å². The van der Waals surface area contributed by atoms with Crippen molar-refractivity contribution in [1.29, 1.82) is 0 Å². The van der Waals surface area contributed by atoms with Gasteiger partial charge in [-0.05, 0) is 29.2 Å². The number of rotatable bonds is 5. The number of hydrogen-bond donors (Lipinski definition) is 1. The number of nitrogens with one attached hydrogen (secondary N) is 1. The first-order chi connectivity index (χ1) is 8.75. The van der Waals surface area contributed by atoms with Crippen LogP contribution in [0.4, 0.5) is 4.39 Å². The Morgan fingerprint density at radius 3 is 2.56 bits per heavy atom. The van der Waals surface area contributed by atoms with Gasteiger partial charge in [0.2, 0.25) is 0 Å². The van der Waals surface area contributed by atoms with Gasteiger partial charge in [-0.3, -0.25) is 0 Å². The maximum absolute atomic E-state index is 13.0. The Balaban J connectivity index is 1.82. The first-order valence-electron chi connectivity index (χ1n) is 6.26. The Hall–Kier alpha value is -1.67. The smallest absolute Gasteiger partial charge is 0.123 e. The van der Waals surface area contributed by atoms with Crippen LogP contribution in [0.3, 0.4) is 0 Å². The molecule has 1 atom stereocenters. The lowest BCUT2D eigenvalue weighted by molar-refractivity contribution is 0.603. The highest BCUT2D eigenvalue weighted by atomic mass is 19.1. The van der Waals surface area contributed by atoms with Gasteiger partial charge < -0.3 is 5.32 Å². The number of hydrogen-bond acceptors (Lipinski definition) is 1. The lowest BCUT2D eigenvalue weighted by atomic mass is 10.0. The van der Waals surface area contributed by atoms with E-state index >= 15 is 0 Å². The molecule has 0 saturated heterocycles. The van der Waals surface area contributed by atoms with E-state index in [-0.39, 0.29) is 5.82 Å². The van der Waals surface area contributed by atoms with Crippen molar-refractivity contribution in [3.05, 3.63) is 71.5 Å². The Morgan fingerprint density at radius 1 is 1.06 bits per heavy atom. The van der Waals surface area contributed by atoms with Crippen LogP contribution >= 0.6 is 0 Å². The van der Waals surface area contributed by atoms with Crippen LogP contribution in [0.5, 0.6) is 0 Å². The van der Waals surface area contributed by atoms with Crippen molar-refractivity contribution in [1.82, 2.24) is 5.32 Å². The summed E-state index contributed by atoms with van der Waals surface area (Å²) in [4.78, 5) is 0. The highest BCUT2D eigenvalue weighted by Gasteiger charge is 2.04. The van der Waals surface area contributed by atoms with Gasteiger partial charge in [0.25, 0.3) is 0 Å². The number of halogens is 1. The molecule has 2 rings (SSSR count). The molecule has 1 N–H and O–H groups in total. The Bertz CT molecular complexity index is 481. The molecule has 94 valence electrons. The van der Waals surface area contributed by atoms with Gasteiger partial charge in [-0.25, -0.2) is 4.39 Å². The molecule has 2 aromatic rings. The summed E-state index contributed by atoms with van der Waals surface area (Å²) in [6.45, 7) is 3.78. The Morgan fingerprint density at radius 2 is 1.83 bits per heavy atom. The van der Waals surface area contributed by atoms with Crippen LogP contribution in [0.2, 0.25) is 0 Å². The molecular weight excluding hydrogens is 225 g/mol. The molecule has 1 unspecified atom stereocenters.